The van der Waals surface area contributed by atoms with E-state index >= 15 is 0 Å². The maximum atomic E-state index is 14.9. The molecule has 164 valence electrons. The Bertz CT molecular complexity index is 1060. The lowest BCUT2D eigenvalue weighted by Crippen LogP contribution is -2.61. The van der Waals surface area contributed by atoms with Crippen molar-refractivity contribution in [1.29, 1.82) is 0 Å². The zero-order chi connectivity index (χ0) is 22.4. The van der Waals surface area contributed by atoms with Crippen LogP contribution >= 0.6 is 11.3 Å². The molecule has 4 rings (SSSR count). The molecular formula is C23H29FN6S. The van der Waals surface area contributed by atoms with Crippen LogP contribution in [0.1, 0.15) is 40.5 Å². The van der Waals surface area contributed by atoms with E-state index in [1.54, 1.807) is 18.3 Å². The molecule has 0 amide bonds. The van der Waals surface area contributed by atoms with Gasteiger partial charge in [0.05, 0.1) is 0 Å². The van der Waals surface area contributed by atoms with E-state index in [-0.39, 0.29) is 16.9 Å². The molecule has 2 aromatic heterocycles. The number of rotatable bonds is 4. The summed E-state index contributed by atoms with van der Waals surface area (Å²) in [4.78, 5) is 6.27. The first-order valence-corrected chi connectivity index (χ1v) is 11.2. The fraction of sp³-hybridized carbons (Fsp3) is 0.435. The molecule has 1 aromatic carbocycles. The topological polar surface area (TPSA) is 80.0 Å². The number of hydrogen-bond donors (Lipinski definition) is 2. The molecule has 0 spiro atoms. The summed E-state index contributed by atoms with van der Waals surface area (Å²) in [7, 11) is 2.06. The van der Waals surface area contributed by atoms with Gasteiger partial charge in [-0.25, -0.2) is 9.37 Å². The number of pyridine rings is 1. The van der Waals surface area contributed by atoms with Crippen LogP contribution in [0.3, 0.4) is 0 Å². The van der Waals surface area contributed by atoms with Gasteiger partial charge in [0.25, 0.3) is 0 Å². The number of hydrogen-bond acceptors (Lipinski definition) is 7. The summed E-state index contributed by atoms with van der Waals surface area (Å²) >= 11 is 1.42. The van der Waals surface area contributed by atoms with Gasteiger partial charge in [0.15, 0.2) is 5.01 Å². The van der Waals surface area contributed by atoms with Gasteiger partial charge in [-0.05, 0) is 70.4 Å². The van der Waals surface area contributed by atoms with Gasteiger partial charge in [0.2, 0.25) is 5.13 Å². The second-order valence-corrected chi connectivity index (χ2v) is 10.6. The monoisotopic (exact) mass is 440 g/mol. The molecule has 0 saturated carbocycles. The van der Waals surface area contributed by atoms with Crippen LogP contribution < -0.4 is 16.0 Å². The molecule has 3 aromatic rings. The molecule has 1 aliphatic heterocycles. The first-order valence-electron chi connectivity index (χ1n) is 10.4. The van der Waals surface area contributed by atoms with E-state index in [1.165, 1.54) is 17.4 Å². The highest BCUT2D eigenvalue weighted by Crippen LogP contribution is 2.37. The molecule has 0 radical (unpaired) electrons. The predicted molar refractivity (Wildman–Crippen MR) is 126 cm³/mol. The molecule has 0 aliphatic carbocycles. The highest BCUT2D eigenvalue weighted by atomic mass is 32.1. The van der Waals surface area contributed by atoms with Crippen LogP contribution in [-0.2, 0) is 0 Å². The number of halogens is 1. The van der Waals surface area contributed by atoms with Crippen molar-refractivity contribution in [3.8, 4) is 21.7 Å². The molecule has 1 fully saturated rings. The number of nitrogens with one attached hydrogen (secondary N) is 1. The van der Waals surface area contributed by atoms with Gasteiger partial charge in [-0.2, -0.15) is 0 Å². The molecular weight excluding hydrogens is 411 g/mol. The Hall–Kier alpha value is -2.58. The minimum Gasteiger partial charge on any atom is -0.384 e. The fourth-order valence-electron chi connectivity index (χ4n) is 4.61. The van der Waals surface area contributed by atoms with Crippen LogP contribution in [-0.4, -0.2) is 39.3 Å². The quantitative estimate of drug-likeness (QED) is 0.610. The summed E-state index contributed by atoms with van der Waals surface area (Å²) in [6.07, 6.45) is 3.64. The highest BCUT2D eigenvalue weighted by molar-refractivity contribution is 7.18. The van der Waals surface area contributed by atoms with Gasteiger partial charge in [-0.3, -0.25) is 0 Å². The van der Waals surface area contributed by atoms with Gasteiger partial charge in [-0.15, -0.1) is 10.2 Å². The van der Waals surface area contributed by atoms with Crippen molar-refractivity contribution in [2.24, 2.45) is 0 Å². The first kappa shape index (κ1) is 21.6. The SMILES string of the molecule is CN(c1nnc(-c2ccc(-c3ccc(N)nc3)cc2F)s1)C1CC(C)(C)NC(C)(C)C1. The number of nitrogens with two attached hydrogens (primary N) is 1. The third-order valence-electron chi connectivity index (χ3n) is 5.75. The maximum absolute atomic E-state index is 14.9. The van der Waals surface area contributed by atoms with E-state index in [1.807, 2.05) is 12.1 Å². The molecule has 1 saturated heterocycles. The van der Waals surface area contributed by atoms with E-state index in [2.05, 4.69) is 60.1 Å². The van der Waals surface area contributed by atoms with E-state index in [0.29, 0.717) is 22.4 Å². The molecule has 8 heteroatoms. The molecule has 6 nitrogen and oxygen atoms in total. The summed E-state index contributed by atoms with van der Waals surface area (Å²) in [6.45, 7) is 8.92. The Kier molecular flexibility index (Phi) is 5.47. The smallest absolute Gasteiger partial charge is 0.208 e. The largest absolute Gasteiger partial charge is 0.384 e. The van der Waals surface area contributed by atoms with E-state index in [0.717, 1.165) is 29.1 Å². The van der Waals surface area contributed by atoms with Crippen LogP contribution in [0.4, 0.5) is 15.3 Å². The van der Waals surface area contributed by atoms with E-state index in [9.17, 15) is 4.39 Å². The molecule has 3 N–H and O–H groups in total. The van der Waals surface area contributed by atoms with Crippen molar-refractivity contribution in [2.45, 2.75) is 57.7 Å². The Labute approximate surface area is 186 Å². The number of nitrogens with zero attached hydrogens (tertiary/aromatic N) is 4. The van der Waals surface area contributed by atoms with Gasteiger partial charge in [0, 0.05) is 41.5 Å². The molecule has 0 bridgehead atoms. The van der Waals surface area contributed by atoms with Crippen LogP contribution in [0.25, 0.3) is 21.7 Å². The van der Waals surface area contributed by atoms with Crippen LogP contribution in [0.2, 0.25) is 0 Å². The fourth-order valence-corrected chi connectivity index (χ4v) is 5.51. The molecule has 1 aliphatic rings. The second-order valence-electron chi connectivity index (χ2n) is 9.62. The highest BCUT2D eigenvalue weighted by Gasteiger charge is 2.39. The minimum atomic E-state index is -0.330. The van der Waals surface area contributed by atoms with Crippen molar-refractivity contribution in [1.82, 2.24) is 20.5 Å². The van der Waals surface area contributed by atoms with Crippen molar-refractivity contribution in [3.63, 3.8) is 0 Å². The molecule has 3 heterocycles. The summed E-state index contributed by atoms with van der Waals surface area (Å²) in [5.74, 6) is 0.107. The molecule has 0 unspecified atom stereocenters. The van der Waals surface area contributed by atoms with Crippen molar-refractivity contribution in [2.75, 3.05) is 17.7 Å². The first-order chi connectivity index (χ1) is 14.5. The number of benzene rings is 1. The minimum absolute atomic E-state index is 0.0348. The summed E-state index contributed by atoms with van der Waals surface area (Å²) in [5.41, 5.74) is 7.72. The molecule has 0 atom stereocenters. The Morgan fingerprint density at radius 2 is 1.74 bits per heavy atom. The van der Waals surface area contributed by atoms with Crippen molar-refractivity contribution < 1.29 is 4.39 Å². The summed E-state index contributed by atoms with van der Waals surface area (Å²) in [5, 5.41) is 13.8. The molecule has 31 heavy (non-hydrogen) atoms. The van der Waals surface area contributed by atoms with Crippen LogP contribution in [0, 0.1) is 5.82 Å². The van der Waals surface area contributed by atoms with Gasteiger partial charge < -0.3 is 16.0 Å². The maximum Gasteiger partial charge on any atom is 0.208 e. The lowest BCUT2D eigenvalue weighted by atomic mass is 9.79. The summed E-state index contributed by atoms with van der Waals surface area (Å²) < 4.78 is 14.9. The zero-order valence-electron chi connectivity index (χ0n) is 18.6. The number of piperidine rings is 1. The zero-order valence-corrected chi connectivity index (χ0v) is 19.4. The van der Waals surface area contributed by atoms with Crippen LogP contribution in [0.15, 0.2) is 36.5 Å². The van der Waals surface area contributed by atoms with Crippen molar-refractivity contribution in [3.05, 3.63) is 42.3 Å². The van der Waals surface area contributed by atoms with Gasteiger partial charge in [0.1, 0.15) is 11.6 Å². The summed E-state index contributed by atoms with van der Waals surface area (Å²) in [6, 6.07) is 8.99. The second kappa shape index (κ2) is 7.84. The Morgan fingerprint density at radius 3 is 2.35 bits per heavy atom. The van der Waals surface area contributed by atoms with Gasteiger partial charge in [-0.1, -0.05) is 17.4 Å². The lowest BCUT2D eigenvalue weighted by molar-refractivity contribution is 0.161. The standard InChI is InChI=1S/C23H29FN6S/c1-22(2)11-16(12-23(3,4)29-22)30(5)21-28-27-20(31-21)17-8-6-14(10-18(17)24)15-7-9-19(25)26-13-15/h6-10,13,16,29H,11-12H2,1-5H3,(H2,25,26). The Balaban J connectivity index is 1.56. The van der Waals surface area contributed by atoms with E-state index in [4.69, 9.17) is 5.73 Å². The number of aromatic nitrogens is 3. The third kappa shape index (κ3) is 4.70. The average Bonchev–Trinajstić information content (AvgIpc) is 3.15. The van der Waals surface area contributed by atoms with Gasteiger partial charge >= 0.3 is 0 Å². The normalized spacial score (nSPS) is 18.1. The number of anilines is 2. The third-order valence-corrected chi connectivity index (χ3v) is 6.80. The van der Waals surface area contributed by atoms with Crippen LogP contribution in [0.5, 0.6) is 0 Å². The lowest BCUT2D eigenvalue weighted by Gasteiger charge is -2.48. The predicted octanol–water partition coefficient (Wildman–Crippen LogP) is 4.73. The Morgan fingerprint density at radius 1 is 1.06 bits per heavy atom. The number of nitrogen functional groups attached to an aromatic ring is 1. The van der Waals surface area contributed by atoms with E-state index < -0.39 is 0 Å². The average molecular weight is 441 g/mol. The van der Waals surface area contributed by atoms with Crippen molar-refractivity contribution >= 4 is 22.3 Å².